The van der Waals surface area contributed by atoms with Crippen molar-refractivity contribution in [3.05, 3.63) is 0 Å². The zero-order valence-electron chi connectivity index (χ0n) is 14.6. The van der Waals surface area contributed by atoms with Crippen LogP contribution in [0.3, 0.4) is 0 Å². The standard InChI is InChI=1S/C16H30N2O4/c1-7-11(4)13-8-12(21-5)9-18(13)15(19)14(10(2)3)17-16(20)22-6/h10-14H,7-9H2,1-6H3,(H,17,20)/t11-,12?,13?,14-/m0/s1. The van der Waals surface area contributed by atoms with Gasteiger partial charge in [-0.2, -0.15) is 0 Å². The molecule has 22 heavy (non-hydrogen) atoms. The van der Waals surface area contributed by atoms with E-state index in [4.69, 9.17) is 4.74 Å². The number of carbonyl (C=O) groups is 2. The van der Waals surface area contributed by atoms with E-state index >= 15 is 0 Å². The number of amides is 2. The van der Waals surface area contributed by atoms with Gasteiger partial charge in [-0.05, 0) is 18.3 Å². The molecule has 1 saturated heterocycles. The first-order valence-electron chi connectivity index (χ1n) is 8.03. The van der Waals surface area contributed by atoms with Crippen molar-refractivity contribution >= 4 is 12.0 Å². The predicted octanol–water partition coefficient (Wildman–Crippen LogP) is 2.03. The molecule has 0 spiro atoms. The average molecular weight is 314 g/mol. The summed E-state index contributed by atoms with van der Waals surface area (Å²) in [5.74, 6) is 0.339. The van der Waals surface area contributed by atoms with Gasteiger partial charge >= 0.3 is 6.09 Å². The number of ether oxygens (including phenoxy) is 2. The monoisotopic (exact) mass is 314 g/mol. The van der Waals surface area contributed by atoms with E-state index in [1.165, 1.54) is 7.11 Å². The number of methoxy groups -OCH3 is 2. The molecule has 2 unspecified atom stereocenters. The number of rotatable bonds is 6. The highest BCUT2D eigenvalue weighted by Gasteiger charge is 2.41. The summed E-state index contributed by atoms with van der Waals surface area (Å²) >= 11 is 0. The number of nitrogens with zero attached hydrogens (tertiary/aromatic N) is 1. The summed E-state index contributed by atoms with van der Waals surface area (Å²) in [6.07, 6.45) is 1.34. The first-order valence-corrected chi connectivity index (χ1v) is 8.03. The second kappa shape index (κ2) is 8.36. The van der Waals surface area contributed by atoms with Crippen molar-refractivity contribution in [3.8, 4) is 0 Å². The number of alkyl carbamates (subject to hydrolysis) is 1. The Labute approximate surface area is 133 Å². The Balaban J connectivity index is 2.91. The third kappa shape index (κ3) is 4.35. The summed E-state index contributed by atoms with van der Waals surface area (Å²) < 4.78 is 10.1. The second-order valence-corrected chi connectivity index (χ2v) is 6.39. The van der Waals surface area contributed by atoms with Gasteiger partial charge in [0, 0.05) is 19.7 Å². The quantitative estimate of drug-likeness (QED) is 0.814. The Morgan fingerprint density at radius 3 is 2.36 bits per heavy atom. The van der Waals surface area contributed by atoms with Crippen LogP contribution in [0.5, 0.6) is 0 Å². The van der Waals surface area contributed by atoms with Crippen molar-refractivity contribution in [2.24, 2.45) is 11.8 Å². The largest absolute Gasteiger partial charge is 0.453 e. The third-order valence-corrected chi connectivity index (χ3v) is 4.61. The molecule has 128 valence electrons. The topological polar surface area (TPSA) is 67.9 Å². The van der Waals surface area contributed by atoms with Gasteiger partial charge in [-0.1, -0.05) is 34.1 Å². The summed E-state index contributed by atoms with van der Waals surface area (Å²) in [5, 5.41) is 2.66. The van der Waals surface area contributed by atoms with Crippen LogP contribution in [0.25, 0.3) is 0 Å². The molecule has 6 heteroatoms. The third-order valence-electron chi connectivity index (χ3n) is 4.61. The lowest BCUT2D eigenvalue weighted by Gasteiger charge is -2.33. The Kier molecular flexibility index (Phi) is 7.13. The van der Waals surface area contributed by atoms with Crippen LogP contribution in [-0.2, 0) is 14.3 Å². The van der Waals surface area contributed by atoms with Gasteiger partial charge in [-0.3, -0.25) is 4.79 Å². The number of carbonyl (C=O) groups excluding carboxylic acids is 2. The maximum absolute atomic E-state index is 12.9. The van der Waals surface area contributed by atoms with Crippen molar-refractivity contribution in [2.45, 2.75) is 58.7 Å². The lowest BCUT2D eigenvalue weighted by atomic mass is 9.95. The van der Waals surface area contributed by atoms with E-state index in [0.717, 1.165) is 12.8 Å². The Hall–Kier alpha value is -1.30. The number of nitrogens with one attached hydrogen (secondary N) is 1. The highest BCUT2D eigenvalue weighted by molar-refractivity contribution is 5.86. The fourth-order valence-corrected chi connectivity index (χ4v) is 2.94. The Bertz CT molecular complexity index is 386. The van der Waals surface area contributed by atoms with Crippen LogP contribution in [0, 0.1) is 11.8 Å². The Morgan fingerprint density at radius 1 is 1.27 bits per heavy atom. The van der Waals surface area contributed by atoms with Gasteiger partial charge in [-0.15, -0.1) is 0 Å². The molecule has 0 aromatic rings. The van der Waals surface area contributed by atoms with Gasteiger partial charge in [0.05, 0.1) is 13.2 Å². The summed E-state index contributed by atoms with van der Waals surface area (Å²) in [6.45, 7) is 8.69. The van der Waals surface area contributed by atoms with Crippen molar-refractivity contribution in [3.63, 3.8) is 0 Å². The molecule has 0 saturated carbocycles. The average Bonchev–Trinajstić information content (AvgIpc) is 2.94. The van der Waals surface area contributed by atoms with E-state index in [-0.39, 0.29) is 24.0 Å². The SMILES string of the molecule is CC[C@H](C)C1CC(OC)CN1C(=O)[C@@H](NC(=O)OC)C(C)C. The van der Waals surface area contributed by atoms with E-state index in [1.54, 1.807) is 7.11 Å². The minimum atomic E-state index is -0.574. The van der Waals surface area contributed by atoms with Gasteiger partial charge in [0.15, 0.2) is 0 Å². The predicted molar refractivity (Wildman–Crippen MR) is 84.5 cm³/mol. The van der Waals surface area contributed by atoms with Crippen LogP contribution in [0.4, 0.5) is 4.79 Å². The van der Waals surface area contributed by atoms with Crippen LogP contribution in [0.2, 0.25) is 0 Å². The minimum Gasteiger partial charge on any atom is -0.453 e. The van der Waals surface area contributed by atoms with Crippen molar-refractivity contribution in [1.82, 2.24) is 10.2 Å². The normalized spacial score (nSPS) is 24.2. The Morgan fingerprint density at radius 2 is 1.91 bits per heavy atom. The number of likely N-dealkylation sites (tertiary alicyclic amines) is 1. The van der Waals surface area contributed by atoms with E-state index < -0.39 is 12.1 Å². The molecule has 0 aromatic heterocycles. The van der Waals surface area contributed by atoms with Gasteiger partial charge < -0.3 is 19.7 Å². The molecule has 4 atom stereocenters. The van der Waals surface area contributed by atoms with Crippen LogP contribution >= 0.6 is 0 Å². The first-order chi connectivity index (χ1) is 10.3. The van der Waals surface area contributed by atoms with Crippen LogP contribution in [0.1, 0.15) is 40.5 Å². The molecule has 0 radical (unpaired) electrons. The van der Waals surface area contributed by atoms with Crippen molar-refractivity contribution < 1.29 is 19.1 Å². The maximum atomic E-state index is 12.9. The van der Waals surface area contributed by atoms with Crippen molar-refractivity contribution in [2.75, 3.05) is 20.8 Å². The zero-order chi connectivity index (χ0) is 16.9. The molecule has 0 aliphatic carbocycles. The second-order valence-electron chi connectivity index (χ2n) is 6.39. The molecule has 1 aliphatic rings. The minimum absolute atomic E-state index is 0.00854. The van der Waals surface area contributed by atoms with E-state index in [0.29, 0.717) is 12.5 Å². The molecule has 1 rings (SSSR count). The maximum Gasteiger partial charge on any atom is 0.407 e. The van der Waals surface area contributed by atoms with Crippen LogP contribution in [-0.4, -0.2) is 55.9 Å². The van der Waals surface area contributed by atoms with Gasteiger partial charge in [0.2, 0.25) is 5.91 Å². The highest BCUT2D eigenvalue weighted by Crippen LogP contribution is 2.29. The summed E-state index contributed by atoms with van der Waals surface area (Å²) in [7, 11) is 2.98. The van der Waals surface area contributed by atoms with Crippen molar-refractivity contribution in [1.29, 1.82) is 0 Å². The summed E-state index contributed by atoms with van der Waals surface area (Å²) in [6, 6.07) is -0.419. The lowest BCUT2D eigenvalue weighted by Crippen LogP contribution is -2.53. The summed E-state index contributed by atoms with van der Waals surface area (Å²) in [5.41, 5.74) is 0. The summed E-state index contributed by atoms with van der Waals surface area (Å²) in [4.78, 5) is 26.3. The zero-order valence-corrected chi connectivity index (χ0v) is 14.6. The molecule has 2 amide bonds. The van der Waals surface area contributed by atoms with Crippen LogP contribution in [0.15, 0.2) is 0 Å². The van der Waals surface area contributed by atoms with E-state index in [1.807, 2.05) is 18.7 Å². The molecule has 1 heterocycles. The van der Waals surface area contributed by atoms with Gasteiger partial charge in [-0.25, -0.2) is 4.79 Å². The molecule has 1 N–H and O–H groups in total. The molecule has 6 nitrogen and oxygen atoms in total. The van der Waals surface area contributed by atoms with Gasteiger partial charge in [0.25, 0.3) is 0 Å². The fourth-order valence-electron chi connectivity index (χ4n) is 2.94. The highest BCUT2D eigenvalue weighted by atomic mass is 16.5. The molecular weight excluding hydrogens is 284 g/mol. The number of hydrogen-bond donors (Lipinski definition) is 1. The number of hydrogen-bond acceptors (Lipinski definition) is 4. The van der Waals surface area contributed by atoms with Crippen LogP contribution < -0.4 is 5.32 Å². The molecule has 1 aliphatic heterocycles. The van der Waals surface area contributed by atoms with Gasteiger partial charge in [0.1, 0.15) is 6.04 Å². The lowest BCUT2D eigenvalue weighted by molar-refractivity contribution is -0.136. The van der Waals surface area contributed by atoms with E-state index in [2.05, 4.69) is 23.9 Å². The smallest absolute Gasteiger partial charge is 0.407 e. The molecular formula is C16H30N2O4. The molecule has 0 aromatic carbocycles. The molecule has 1 fully saturated rings. The fraction of sp³-hybridized carbons (Fsp3) is 0.875. The first kappa shape index (κ1) is 18.7. The molecule has 0 bridgehead atoms. The van der Waals surface area contributed by atoms with E-state index in [9.17, 15) is 9.59 Å².